The smallest absolute Gasteiger partial charge is 0.173 e. The first-order chi connectivity index (χ1) is 11.0. The van der Waals surface area contributed by atoms with E-state index < -0.39 is 0 Å². The van der Waals surface area contributed by atoms with Crippen LogP contribution in [0.2, 0.25) is 0 Å². The fraction of sp³-hybridized carbons (Fsp3) is 0.211. The van der Waals surface area contributed by atoms with Gasteiger partial charge < -0.3 is 0 Å². The second-order valence-corrected chi connectivity index (χ2v) is 6.58. The zero-order valence-corrected chi connectivity index (χ0v) is 14.3. The van der Waals surface area contributed by atoms with Gasteiger partial charge in [0.2, 0.25) is 0 Å². The van der Waals surface area contributed by atoms with Crippen LogP contribution in [-0.2, 0) is 0 Å². The summed E-state index contributed by atoms with van der Waals surface area (Å²) >= 11 is 1.45. The first-order valence-corrected chi connectivity index (χ1v) is 8.50. The van der Waals surface area contributed by atoms with E-state index in [1.165, 1.54) is 17.3 Å². The third kappa shape index (κ3) is 3.42. The fourth-order valence-corrected chi connectivity index (χ4v) is 3.19. The van der Waals surface area contributed by atoms with Crippen molar-refractivity contribution in [1.29, 1.82) is 0 Å². The van der Waals surface area contributed by atoms with Gasteiger partial charge in [-0.1, -0.05) is 36.0 Å². The summed E-state index contributed by atoms with van der Waals surface area (Å²) in [6, 6.07) is 13.6. The number of Topliss-reactive ketones (excluding diaryl/α,β-unsaturated/α-hetero) is 1. The number of ketones is 1. The van der Waals surface area contributed by atoms with Crippen molar-refractivity contribution in [2.45, 2.75) is 25.8 Å². The summed E-state index contributed by atoms with van der Waals surface area (Å²) in [7, 11) is 0. The lowest BCUT2D eigenvalue weighted by atomic mass is 10.0. The molecule has 0 bridgehead atoms. The SMILES string of the molecule is Cc1ccc(C(=O)CSc2nc3ccccc3nc2C)cc1C. The molecule has 3 aromatic rings. The molecule has 0 unspecified atom stereocenters. The Hall–Kier alpha value is -2.20. The second kappa shape index (κ2) is 6.50. The standard InChI is InChI=1S/C19H18N2OS/c1-12-8-9-15(10-13(12)2)18(22)11-23-19-14(3)20-16-6-4-5-7-17(16)21-19/h4-10H,11H2,1-3H3. The first-order valence-electron chi connectivity index (χ1n) is 7.51. The number of hydrogen-bond donors (Lipinski definition) is 0. The number of aryl methyl sites for hydroxylation is 3. The Morgan fingerprint density at radius 2 is 1.65 bits per heavy atom. The van der Waals surface area contributed by atoms with Crippen molar-refractivity contribution in [3.8, 4) is 0 Å². The number of aromatic nitrogens is 2. The highest BCUT2D eigenvalue weighted by Crippen LogP contribution is 2.23. The predicted octanol–water partition coefficient (Wildman–Crippen LogP) is 4.53. The summed E-state index contributed by atoms with van der Waals surface area (Å²) in [5, 5.41) is 0.820. The monoisotopic (exact) mass is 322 g/mol. The molecular formula is C19H18N2OS. The molecule has 1 aromatic heterocycles. The van der Waals surface area contributed by atoms with Crippen LogP contribution in [0, 0.1) is 20.8 Å². The predicted molar refractivity (Wildman–Crippen MR) is 95.2 cm³/mol. The Balaban J connectivity index is 1.78. The minimum absolute atomic E-state index is 0.118. The van der Waals surface area contributed by atoms with Crippen LogP contribution in [0.5, 0.6) is 0 Å². The van der Waals surface area contributed by atoms with Crippen molar-refractivity contribution >= 4 is 28.6 Å². The summed E-state index contributed by atoms with van der Waals surface area (Å²) in [5.74, 6) is 0.489. The zero-order chi connectivity index (χ0) is 16.4. The lowest BCUT2D eigenvalue weighted by Gasteiger charge is -2.07. The van der Waals surface area contributed by atoms with E-state index in [-0.39, 0.29) is 5.78 Å². The first kappa shape index (κ1) is 15.7. The number of hydrogen-bond acceptors (Lipinski definition) is 4. The van der Waals surface area contributed by atoms with Gasteiger partial charge in [-0.05, 0) is 50.1 Å². The summed E-state index contributed by atoms with van der Waals surface area (Å²) in [4.78, 5) is 21.6. The van der Waals surface area contributed by atoms with Gasteiger partial charge >= 0.3 is 0 Å². The molecule has 0 aliphatic rings. The molecule has 1 heterocycles. The van der Waals surface area contributed by atoms with Crippen molar-refractivity contribution in [2.75, 3.05) is 5.75 Å². The minimum atomic E-state index is 0.118. The topological polar surface area (TPSA) is 42.9 Å². The van der Waals surface area contributed by atoms with Gasteiger partial charge in [0.05, 0.1) is 22.5 Å². The minimum Gasteiger partial charge on any atom is -0.293 e. The summed E-state index contributed by atoms with van der Waals surface area (Å²) < 4.78 is 0. The van der Waals surface area contributed by atoms with Crippen molar-refractivity contribution in [3.05, 3.63) is 64.8 Å². The highest BCUT2D eigenvalue weighted by molar-refractivity contribution is 8.00. The summed E-state index contributed by atoms with van der Waals surface area (Å²) in [6.45, 7) is 6.01. The number of thioether (sulfide) groups is 1. The van der Waals surface area contributed by atoms with Crippen LogP contribution in [0.4, 0.5) is 0 Å². The van der Waals surface area contributed by atoms with Crippen LogP contribution in [0.1, 0.15) is 27.2 Å². The number of para-hydroxylation sites is 2. The molecule has 3 nitrogen and oxygen atoms in total. The molecule has 0 aliphatic carbocycles. The molecule has 0 amide bonds. The number of fused-ring (bicyclic) bond motifs is 1. The van der Waals surface area contributed by atoms with Gasteiger partial charge in [-0.15, -0.1) is 0 Å². The molecule has 23 heavy (non-hydrogen) atoms. The van der Waals surface area contributed by atoms with Crippen LogP contribution < -0.4 is 0 Å². The Labute approximate surface area is 140 Å². The Morgan fingerprint density at radius 1 is 0.957 bits per heavy atom. The van der Waals surface area contributed by atoms with Crippen LogP contribution in [0.15, 0.2) is 47.5 Å². The van der Waals surface area contributed by atoms with E-state index >= 15 is 0 Å². The molecule has 0 spiro atoms. The number of benzene rings is 2. The van der Waals surface area contributed by atoms with Gasteiger partial charge in [-0.25, -0.2) is 9.97 Å². The number of carbonyl (C=O) groups excluding carboxylic acids is 1. The lowest BCUT2D eigenvalue weighted by Crippen LogP contribution is -2.04. The van der Waals surface area contributed by atoms with E-state index in [9.17, 15) is 4.79 Å². The van der Waals surface area contributed by atoms with Crippen LogP contribution in [0.3, 0.4) is 0 Å². The summed E-state index contributed by atoms with van der Waals surface area (Å²) in [6.07, 6.45) is 0. The molecule has 0 radical (unpaired) electrons. The third-order valence-corrected chi connectivity index (χ3v) is 4.94. The van der Waals surface area contributed by atoms with Gasteiger partial charge in [0.1, 0.15) is 5.03 Å². The van der Waals surface area contributed by atoms with E-state index in [1.807, 2.05) is 63.2 Å². The van der Waals surface area contributed by atoms with E-state index in [4.69, 9.17) is 0 Å². The largest absolute Gasteiger partial charge is 0.293 e. The molecule has 0 saturated heterocycles. The van der Waals surface area contributed by atoms with Gasteiger partial charge in [-0.2, -0.15) is 0 Å². The lowest BCUT2D eigenvalue weighted by molar-refractivity contribution is 0.102. The van der Waals surface area contributed by atoms with Crippen molar-refractivity contribution in [1.82, 2.24) is 9.97 Å². The second-order valence-electron chi connectivity index (χ2n) is 5.61. The Morgan fingerprint density at radius 3 is 2.35 bits per heavy atom. The molecule has 0 fully saturated rings. The molecule has 0 aliphatic heterocycles. The molecule has 2 aromatic carbocycles. The van der Waals surface area contributed by atoms with Crippen molar-refractivity contribution in [2.24, 2.45) is 0 Å². The number of rotatable bonds is 4. The molecule has 116 valence electrons. The van der Waals surface area contributed by atoms with Crippen LogP contribution >= 0.6 is 11.8 Å². The van der Waals surface area contributed by atoms with Crippen molar-refractivity contribution in [3.63, 3.8) is 0 Å². The molecule has 3 rings (SSSR count). The zero-order valence-electron chi connectivity index (χ0n) is 13.5. The Bertz CT molecular complexity index is 890. The van der Waals surface area contributed by atoms with Gasteiger partial charge in [-0.3, -0.25) is 4.79 Å². The molecule has 0 atom stereocenters. The number of nitrogens with zero attached hydrogens (tertiary/aromatic N) is 2. The Kier molecular flexibility index (Phi) is 4.44. The molecule has 0 saturated carbocycles. The van der Waals surface area contributed by atoms with Crippen LogP contribution in [0.25, 0.3) is 11.0 Å². The highest BCUT2D eigenvalue weighted by atomic mass is 32.2. The quantitative estimate of drug-likeness (QED) is 0.523. The van der Waals surface area contributed by atoms with E-state index in [2.05, 4.69) is 9.97 Å². The van der Waals surface area contributed by atoms with Gasteiger partial charge in [0, 0.05) is 5.56 Å². The van der Waals surface area contributed by atoms with Crippen molar-refractivity contribution < 1.29 is 4.79 Å². The average molecular weight is 322 g/mol. The molecule has 0 N–H and O–H groups in total. The van der Waals surface area contributed by atoms with E-state index in [1.54, 1.807) is 0 Å². The summed E-state index contributed by atoms with van der Waals surface area (Å²) in [5.41, 5.74) is 5.70. The molecular weight excluding hydrogens is 304 g/mol. The highest BCUT2D eigenvalue weighted by Gasteiger charge is 2.11. The average Bonchev–Trinajstić information content (AvgIpc) is 2.55. The van der Waals surface area contributed by atoms with E-state index in [0.717, 1.165) is 32.9 Å². The third-order valence-electron chi connectivity index (χ3n) is 3.87. The van der Waals surface area contributed by atoms with Gasteiger partial charge in [0.25, 0.3) is 0 Å². The molecule has 4 heteroatoms. The fourth-order valence-electron chi connectivity index (χ4n) is 2.34. The van der Waals surface area contributed by atoms with Gasteiger partial charge in [0.15, 0.2) is 5.78 Å². The maximum absolute atomic E-state index is 12.4. The number of carbonyl (C=O) groups is 1. The van der Waals surface area contributed by atoms with Crippen LogP contribution in [-0.4, -0.2) is 21.5 Å². The maximum Gasteiger partial charge on any atom is 0.173 e. The maximum atomic E-state index is 12.4. The van der Waals surface area contributed by atoms with E-state index in [0.29, 0.717) is 5.75 Å². The normalized spacial score (nSPS) is 10.9.